The van der Waals surface area contributed by atoms with Crippen LogP contribution >= 0.6 is 0 Å². The third-order valence-corrected chi connectivity index (χ3v) is 5.70. The van der Waals surface area contributed by atoms with E-state index in [2.05, 4.69) is 20.1 Å². The molecule has 5 rings (SSSR count). The normalized spacial score (nSPS) is 13.8. The number of amides is 1. The van der Waals surface area contributed by atoms with E-state index in [0.29, 0.717) is 0 Å². The van der Waals surface area contributed by atoms with E-state index >= 15 is 0 Å². The average molecular weight is 400 g/mol. The molecule has 1 aliphatic rings. The van der Waals surface area contributed by atoms with Crippen molar-refractivity contribution >= 4 is 22.6 Å². The zero-order valence-corrected chi connectivity index (χ0v) is 17.0. The summed E-state index contributed by atoms with van der Waals surface area (Å²) in [5.41, 5.74) is 4.63. The highest BCUT2D eigenvalue weighted by molar-refractivity contribution is 5.95. The molecule has 2 aromatic heterocycles. The molecule has 152 valence electrons. The molecule has 6 heteroatoms. The van der Waals surface area contributed by atoms with Gasteiger partial charge in [-0.25, -0.2) is 0 Å². The Hall–Kier alpha value is -3.41. The first-order valence-electron chi connectivity index (χ1n) is 10.5. The highest BCUT2D eigenvalue weighted by Gasteiger charge is 2.16. The number of hydrogen-bond donors (Lipinski definition) is 1. The minimum absolute atomic E-state index is 0.0673. The van der Waals surface area contributed by atoms with Gasteiger partial charge in [-0.2, -0.15) is 0 Å². The number of anilines is 1. The van der Waals surface area contributed by atoms with E-state index in [9.17, 15) is 4.79 Å². The number of rotatable bonds is 4. The smallest absolute Gasteiger partial charge is 0.228 e. The van der Waals surface area contributed by atoms with Gasteiger partial charge in [0.15, 0.2) is 5.82 Å². The maximum Gasteiger partial charge on any atom is 0.228 e. The van der Waals surface area contributed by atoms with E-state index in [-0.39, 0.29) is 12.3 Å². The molecule has 1 amide bonds. The van der Waals surface area contributed by atoms with Crippen LogP contribution in [-0.2, 0) is 24.2 Å². The molecule has 0 spiro atoms. The molecule has 0 saturated heterocycles. The molecule has 0 fully saturated rings. The molecular weight excluding hydrogens is 376 g/mol. The molecule has 1 aliphatic heterocycles. The minimum atomic E-state index is -0.0673. The van der Waals surface area contributed by atoms with Crippen LogP contribution in [0.1, 0.15) is 36.2 Å². The number of nitrogens with one attached hydrogen (secondary N) is 1. The van der Waals surface area contributed by atoms with Gasteiger partial charge in [-0.1, -0.05) is 18.6 Å². The van der Waals surface area contributed by atoms with Gasteiger partial charge in [0.2, 0.25) is 5.91 Å². The fraction of sp³-hybridized carbons (Fsp3) is 0.292. The van der Waals surface area contributed by atoms with Crippen LogP contribution in [0.25, 0.3) is 22.4 Å². The Morgan fingerprint density at radius 3 is 2.83 bits per heavy atom. The fourth-order valence-electron chi connectivity index (χ4n) is 4.11. The Kier molecular flexibility index (Phi) is 4.83. The number of aryl methyl sites for hydroxylation is 2. The summed E-state index contributed by atoms with van der Waals surface area (Å²) in [7, 11) is 0. The predicted octanol–water partition coefficient (Wildman–Crippen LogP) is 4.91. The van der Waals surface area contributed by atoms with E-state index in [1.54, 1.807) is 6.26 Å². The Labute approximate surface area is 174 Å². The third-order valence-electron chi connectivity index (χ3n) is 5.70. The molecule has 0 bridgehead atoms. The molecule has 2 aromatic carbocycles. The summed E-state index contributed by atoms with van der Waals surface area (Å²) in [5.74, 6) is 1.91. The predicted molar refractivity (Wildman–Crippen MR) is 116 cm³/mol. The first kappa shape index (κ1) is 18.6. The van der Waals surface area contributed by atoms with Crippen LogP contribution in [0.4, 0.5) is 5.69 Å². The summed E-state index contributed by atoms with van der Waals surface area (Å²) in [6.45, 7) is 2.99. The van der Waals surface area contributed by atoms with E-state index in [4.69, 9.17) is 4.42 Å². The SMILES string of the molecule is Cc1ccc2c(CC(=O)Nc3ccc(-c4nnc5n4CCCCC5)cc3)coc2c1. The number of benzene rings is 2. The lowest BCUT2D eigenvalue weighted by Gasteiger charge is -2.08. The van der Waals surface area contributed by atoms with E-state index < -0.39 is 0 Å². The topological polar surface area (TPSA) is 73.0 Å². The summed E-state index contributed by atoms with van der Waals surface area (Å²) in [6.07, 6.45) is 6.51. The van der Waals surface area contributed by atoms with Crippen LogP contribution in [0.3, 0.4) is 0 Å². The lowest BCUT2D eigenvalue weighted by Crippen LogP contribution is -2.14. The van der Waals surface area contributed by atoms with Crippen molar-refractivity contribution in [3.8, 4) is 11.4 Å². The van der Waals surface area contributed by atoms with Crippen molar-refractivity contribution in [1.82, 2.24) is 14.8 Å². The van der Waals surface area contributed by atoms with Gasteiger partial charge in [0.25, 0.3) is 0 Å². The summed E-state index contributed by atoms with van der Waals surface area (Å²) in [6, 6.07) is 13.9. The third kappa shape index (κ3) is 3.61. The highest BCUT2D eigenvalue weighted by Crippen LogP contribution is 2.25. The monoisotopic (exact) mass is 400 g/mol. The van der Waals surface area contributed by atoms with E-state index in [0.717, 1.165) is 64.4 Å². The highest BCUT2D eigenvalue weighted by atomic mass is 16.3. The number of carbonyl (C=O) groups is 1. The van der Waals surface area contributed by atoms with E-state index in [1.807, 2.05) is 49.4 Å². The van der Waals surface area contributed by atoms with Crippen LogP contribution in [-0.4, -0.2) is 20.7 Å². The summed E-state index contributed by atoms with van der Waals surface area (Å²) >= 11 is 0. The van der Waals surface area contributed by atoms with Crippen molar-refractivity contribution in [3.63, 3.8) is 0 Å². The number of hydrogen-bond acceptors (Lipinski definition) is 4. The fourth-order valence-corrected chi connectivity index (χ4v) is 4.11. The summed E-state index contributed by atoms with van der Waals surface area (Å²) in [5, 5.41) is 12.7. The molecule has 6 nitrogen and oxygen atoms in total. The van der Waals surface area contributed by atoms with Crippen LogP contribution in [0, 0.1) is 6.92 Å². The lowest BCUT2D eigenvalue weighted by molar-refractivity contribution is -0.115. The van der Waals surface area contributed by atoms with E-state index in [1.165, 1.54) is 12.8 Å². The van der Waals surface area contributed by atoms with Gasteiger partial charge in [0.1, 0.15) is 11.4 Å². The summed E-state index contributed by atoms with van der Waals surface area (Å²) < 4.78 is 7.83. The van der Waals surface area contributed by atoms with Crippen molar-refractivity contribution in [2.24, 2.45) is 0 Å². The van der Waals surface area contributed by atoms with Crippen LogP contribution in [0.2, 0.25) is 0 Å². The Morgan fingerprint density at radius 2 is 1.97 bits per heavy atom. The van der Waals surface area contributed by atoms with Gasteiger partial charge in [-0.3, -0.25) is 4.79 Å². The quantitative estimate of drug-likeness (QED) is 0.528. The largest absolute Gasteiger partial charge is 0.464 e. The van der Waals surface area contributed by atoms with Gasteiger partial charge in [-0.05, 0) is 55.7 Å². The van der Waals surface area contributed by atoms with Gasteiger partial charge in [0, 0.05) is 35.2 Å². The van der Waals surface area contributed by atoms with Gasteiger partial charge >= 0.3 is 0 Å². The molecule has 4 aromatic rings. The molecule has 30 heavy (non-hydrogen) atoms. The molecule has 1 N–H and O–H groups in total. The molecule has 0 radical (unpaired) electrons. The maximum atomic E-state index is 12.6. The van der Waals surface area contributed by atoms with Crippen molar-refractivity contribution in [2.75, 3.05) is 5.32 Å². The molecule has 0 aliphatic carbocycles. The standard InChI is InChI=1S/C24H24N4O2/c1-16-6-11-20-18(15-30-21(20)13-16)14-23(29)25-19-9-7-17(8-10-19)24-27-26-22-5-3-2-4-12-28(22)24/h6-11,13,15H,2-5,12,14H2,1H3,(H,25,29). The minimum Gasteiger partial charge on any atom is -0.464 e. The molecule has 0 saturated carbocycles. The Balaban J connectivity index is 1.29. The molecule has 3 heterocycles. The lowest BCUT2D eigenvalue weighted by atomic mass is 10.1. The Bertz CT molecular complexity index is 1200. The molecule has 0 atom stereocenters. The average Bonchev–Trinajstić information content (AvgIpc) is 3.24. The molecular formula is C24H24N4O2. The number of aromatic nitrogens is 3. The maximum absolute atomic E-state index is 12.6. The van der Waals surface area contributed by atoms with Crippen LogP contribution < -0.4 is 5.32 Å². The van der Waals surface area contributed by atoms with Crippen LogP contribution in [0.5, 0.6) is 0 Å². The van der Waals surface area contributed by atoms with Crippen LogP contribution in [0.15, 0.2) is 53.1 Å². The number of furan rings is 1. The second-order valence-corrected chi connectivity index (χ2v) is 7.96. The van der Waals surface area contributed by atoms with Crippen molar-refractivity contribution < 1.29 is 9.21 Å². The second kappa shape index (κ2) is 7.78. The molecule has 0 unspecified atom stereocenters. The number of fused-ring (bicyclic) bond motifs is 2. The van der Waals surface area contributed by atoms with Crippen molar-refractivity contribution in [3.05, 3.63) is 65.7 Å². The Morgan fingerprint density at radius 1 is 1.10 bits per heavy atom. The van der Waals surface area contributed by atoms with Gasteiger partial charge in [0.05, 0.1) is 12.7 Å². The first-order chi connectivity index (χ1) is 14.7. The van der Waals surface area contributed by atoms with Crippen molar-refractivity contribution in [1.29, 1.82) is 0 Å². The first-order valence-corrected chi connectivity index (χ1v) is 10.5. The second-order valence-electron chi connectivity index (χ2n) is 7.96. The number of carbonyl (C=O) groups excluding carboxylic acids is 1. The van der Waals surface area contributed by atoms with Gasteiger partial charge < -0.3 is 14.3 Å². The van der Waals surface area contributed by atoms with Crippen molar-refractivity contribution in [2.45, 2.75) is 45.6 Å². The number of nitrogens with zero attached hydrogens (tertiary/aromatic N) is 3. The summed E-state index contributed by atoms with van der Waals surface area (Å²) in [4.78, 5) is 12.6. The zero-order valence-electron chi connectivity index (χ0n) is 17.0. The van der Waals surface area contributed by atoms with Gasteiger partial charge in [-0.15, -0.1) is 10.2 Å². The zero-order chi connectivity index (χ0) is 20.5.